The molecule has 1 rings (SSSR count). The van der Waals surface area contributed by atoms with Gasteiger partial charge in [-0.15, -0.1) is 11.8 Å². The third kappa shape index (κ3) is 3.28. The second kappa shape index (κ2) is 5.04. The van der Waals surface area contributed by atoms with Gasteiger partial charge >= 0.3 is 6.18 Å². The number of aliphatic hydroxyl groups is 1. The monoisotopic (exact) mass is 228 g/mol. The largest absolute Gasteiger partial charge is 0.416 e. The Kier molecular flexibility index (Phi) is 3.97. The number of benzene rings is 1. The van der Waals surface area contributed by atoms with E-state index in [0.717, 1.165) is 12.1 Å². The first-order chi connectivity index (χ1) is 7.45. The highest BCUT2D eigenvalue weighted by Gasteiger charge is 2.30. The molecule has 0 saturated carbocycles. The molecule has 0 amide bonds. The lowest BCUT2D eigenvalue weighted by molar-refractivity contribution is -0.137. The molecule has 0 fully saturated rings. The molecule has 1 N–H and O–H groups in total. The van der Waals surface area contributed by atoms with Crippen LogP contribution in [0.4, 0.5) is 13.2 Å². The van der Waals surface area contributed by atoms with E-state index in [4.69, 9.17) is 0 Å². The fourth-order valence-electron chi connectivity index (χ4n) is 1.21. The van der Waals surface area contributed by atoms with E-state index < -0.39 is 17.8 Å². The lowest BCUT2D eigenvalue weighted by atomic mass is 10.0. The summed E-state index contributed by atoms with van der Waals surface area (Å²) in [6.07, 6.45) is -4.95. The Morgan fingerprint density at radius 1 is 1.25 bits per heavy atom. The van der Waals surface area contributed by atoms with Crippen molar-refractivity contribution in [2.75, 3.05) is 0 Å². The van der Waals surface area contributed by atoms with Gasteiger partial charge in [0.05, 0.1) is 11.7 Å². The zero-order valence-corrected chi connectivity index (χ0v) is 8.67. The molecular formula is C12H11F3O. The molecule has 0 aliphatic rings. The molecule has 0 aliphatic heterocycles. The predicted octanol–water partition coefficient (Wildman–Crippen LogP) is 3.15. The third-order valence-electron chi connectivity index (χ3n) is 2.09. The van der Waals surface area contributed by atoms with Gasteiger partial charge in [0.2, 0.25) is 0 Å². The third-order valence-corrected chi connectivity index (χ3v) is 2.09. The summed E-state index contributed by atoms with van der Waals surface area (Å²) in [5.74, 6) is 5.28. The normalized spacial score (nSPS) is 12.8. The number of hydrogen-bond donors (Lipinski definition) is 1. The lowest BCUT2D eigenvalue weighted by Crippen LogP contribution is -2.05. The summed E-state index contributed by atoms with van der Waals surface area (Å²) in [6.45, 7) is 1.64. The maximum absolute atomic E-state index is 12.2. The summed E-state index contributed by atoms with van der Waals surface area (Å²) >= 11 is 0. The van der Waals surface area contributed by atoms with E-state index >= 15 is 0 Å². The van der Waals surface area contributed by atoms with Gasteiger partial charge in [-0.25, -0.2) is 0 Å². The van der Waals surface area contributed by atoms with Crippen LogP contribution >= 0.6 is 0 Å². The minimum absolute atomic E-state index is 0.224. The summed E-state index contributed by atoms with van der Waals surface area (Å²) in [7, 11) is 0. The van der Waals surface area contributed by atoms with Crippen molar-refractivity contribution >= 4 is 0 Å². The van der Waals surface area contributed by atoms with Crippen LogP contribution in [-0.2, 0) is 6.18 Å². The highest BCUT2D eigenvalue weighted by molar-refractivity contribution is 5.26. The van der Waals surface area contributed by atoms with Crippen LogP contribution in [0.1, 0.15) is 30.6 Å². The quantitative estimate of drug-likeness (QED) is 0.771. The van der Waals surface area contributed by atoms with Crippen molar-refractivity contribution in [1.29, 1.82) is 0 Å². The first-order valence-corrected chi connectivity index (χ1v) is 4.70. The SMILES string of the molecule is CC#CCC(O)c1ccc(C(F)(F)F)cc1. The van der Waals surface area contributed by atoms with Crippen molar-refractivity contribution in [3.63, 3.8) is 0 Å². The van der Waals surface area contributed by atoms with Crippen LogP contribution < -0.4 is 0 Å². The zero-order chi connectivity index (χ0) is 12.2. The summed E-state index contributed by atoms with van der Waals surface area (Å²) < 4.78 is 36.7. The van der Waals surface area contributed by atoms with E-state index in [1.165, 1.54) is 12.1 Å². The van der Waals surface area contributed by atoms with Gasteiger partial charge < -0.3 is 5.11 Å². The highest BCUT2D eigenvalue weighted by Crippen LogP contribution is 2.30. The molecule has 0 radical (unpaired) electrons. The van der Waals surface area contributed by atoms with Gasteiger partial charge in [0.15, 0.2) is 0 Å². The highest BCUT2D eigenvalue weighted by atomic mass is 19.4. The Hall–Kier alpha value is -1.47. The first kappa shape index (κ1) is 12.6. The van der Waals surface area contributed by atoms with Gasteiger partial charge in [-0.1, -0.05) is 12.1 Å². The molecule has 0 aromatic heterocycles. The number of alkyl halides is 3. The van der Waals surface area contributed by atoms with Crippen LogP contribution in [0.5, 0.6) is 0 Å². The summed E-state index contributed by atoms with van der Waals surface area (Å²) in [5, 5.41) is 9.56. The smallest absolute Gasteiger partial charge is 0.387 e. The molecule has 1 aromatic rings. The number of hydrogen-bond acceptors (Lipinski definition) is 1. The fraction of sp³-hybridized carbons (Fsp3) is 0.333. The van der Waals surface area contributed by atoms with E-state index in [1.54, 1.807) is 6.92 Å². The molecule has 0 bridgehead atoms. The summed E-state index contributed by atoms with van der Waals surface area (Å²) in [6, 6.07) is 4.45. The van der Waals surface area contributed by atoms with E-state index in [9.17, 15) is 18.3 Å². The van der Waals surface area contributed by atoms with Crippen LogP contribution in [-0.4, -0.2) is 5.11 Å². The Bertz CT molecular complexity index is 395. The van der Waals surface area contributed by atoms with E-state index in [-0.39, 0.29) is 6.42 Å². The Labute approximate surface area is 91.9 Å². The van der Waals surface area contributed by atoms with Crippen molar-refractivity contribution in [2.45, 2.75) is 25.6 Å². The van der Waals surface area contributed by atoms with Crippen molar-refractivity contribution in [3.8, 4) is 11.8 Å². The van der Waals surface area contributed by atoms with Crippen molar-refractivity contribution < 1.29 is 18.3 Å². The van der Waals surface area contributed by atoms with Crippen LogP contribution in [0, 0.1) is 11.8 Å². The van der Waals surface area contributed by atoms with Gasteiger partial charge in [-0.3, -0.25) is 0 Å². The first-order valence-electron chi connectivity index (χ1n) is 4.70. The molecule has 0 saturated heterocycles. The van der Waals surface area contributed by atoms with Crippen LogP contribution in [0.25, 0.3) is 0 Å². The van der Waals surface area contributed by atoms with Crippen molar-refractivity contribution in [1.82, 2.24) is 0 Å². The van der Waals surface area contributed by atoms with E-state index in [2.05, 4.69) is 11.8 Å². The molecular weight excluding hydrogens is 217 g/mol. The molecule has 0 heterocycles. The van der Waals surface area contributed by atoms with Gasteiger partial charge in [-0.05, 0) is 24.6 Å². The Balaban J connectivity index is 2.81. The summed E-state index contributed by atoms with van der Waals surface area (Å²) in [5.41, 5.74) is -0.277. The molecule has 1 atom stereocenters. The molecule has 1 nitrogen and oxygen atoms in total. The second-order valence-corrected chi connectivity index (χ2v) is 3.27. The molecule has 1 aromatic carbocycles. The second-order valence-electron chi connectivity index (χ2n) is 3.27. The zero-order valence-electron chi connectivity index (χ0n) is 8.67. The predicted molar refractivity (Wildman–Crippen MR) is 54.5 cm³/mol. The molecule has 0 aliphatic carbocycles. The standard InChI is InChI=1S/C12H11F3O/c1-2-3-4-11(16)9-5-7-10(8-6-9)12(13,14)15/h5-8,11,16H,4H2,1H3. The number of rotatable bonds is 2. The molecule has 0 spiro atoms. The topological polar surface area (TPSA) is 20.2 Å². The van der Waals surface area contributed by atoms with E-state index in [1.807, 2.05) is 0 Å². The Morgan fingerprint density at radius 3 is 2.25 bits per heavy atom. The molecule has 86 valence electrons. The number of aliphatic hydroxyl groups excluding tert-OH is 1. The maximum atomic E-state index is 12.2. The van der Waals surface area contributed by atoms with E-state index in [0.29, 0.717) is 5.56 Å². The van der Waals surface area contributed by atoms with Crippen LogP contribution in [0.15, 0.2) is 24.3 Å². The Morgan fingerprint density at radius 2 is 1.81 bits per heavy atom. The van der Waals surface area contributed by atoms with Gasteiger partial charge in [0.25, 0.3) is 0 Å². The number of halogens is 3. The minimum Gasteiger partial charge on any atom is -0.387 e. The van der Waals surface area contributed by atoms with Gasteiger partial charge in [0.1, 0.15) is 0 Å². The molecule has 1 unspecified atom stereocenters. The fourth-order valence-corrected chi connectivity index (χ4v) is 1.21. The van der Waals surface area contributed by atoms with Crippen LogP contribution in [0.3, 0.4) is 0 Å². The average molecular weight is 228 g/mol. The van der Waals surface area contributed by atoms with Crippen LogP contribution in [0.2, 0.25) is 0 Å². The minimum atomic E-state index is -4.34. The average Bonchev–Trinajstić information content (AvgIpc) is 2.25. The summed E-state index contributed by atoms with van der Waals surface area (Å²) in [4.78, 5) is 0. The molecule has 16 heavy (non-hydrogen) atoms. The van der Waals surface area contributed by atoms with Crippen molar-refractivity contribution in [2.24, 2.45) is 0 Å². The maximum Gasteiger partial charge on any atom is 0.416 e. The van der Waals surface area contributed by atoms with Gasteiger partial charge in [-0.2, -0.15) is 13.2 Å². The lowest BCUT2D eigenvalue weighted by Gasteiger charge is -2.10. The molecule has 4 heteroatoms. The van der Waals surface area contributed by atoms with Crippen molar-refractivity contribution in [3.05, 3.63) is 35.4 Å². The van der Waals surface area contributed by atoms with Gasteiger partial charge in [0, 0.05) is 6.42 Å².